The number of hydrogen-bond donors (Lipinski definition) is 2. The highest BCUT2D eigenvalue weighted by molar-refractivity contribution is 5.22. The number of aliphatic hydroxyl groups excluding tert-OH is 1. The van der Waals surface area contributed by atoms with Gasteiger partial charge in [-0.05, 0) is 30.5 Å². The summed E-state index contributed by atoms with van der Waals surface area (Å²) in [4.78, 5) is 0. The summed E-state index contributed by atoms with van der Waals surface area (Å²) in [6.07, 6.45) is 2.71. The van der Waals surface area contributed by atoms with Crippen molar-refractivity contribution in [3.8, 4) is 0 Å². The van der Waals surface area contributed by atoms with Crippen molar-refractivity contribution in [2.75, 3.05) is 13.2 Å². The molecule has 3 nitrogen and oxygen atoms in total. The minimum Gasteiger partial charge on any atom is -0.392 e. The van der Waals surface area contributed by atoms with E-state index in [9.17, 15) is 0 Å². The zero-order chi connectivity index (χ0) is 14.2. The first-order chi connectivity index (χ1) is 9.63. The van der Waals surface area contributed by atoms with Gasteiger partial charge in [0, 0.05) is 24.0 Å². The van der Waals surface area contributed by atoms with Gasteiger partial charge in [-0.1, -0.05) is 38.1 Å². The summed E-state index contributed by atoms with van der Waals surface area (Å²) in [5, 5.41) is 12.8. The number of aliphatic hydroxyl groups is 1. The summed E-state index contributed by atoms with van der Waals surface area (Å²) in [6.45, 7) is 6.69. The maximum atomic E-state index is 9.04. The molecule has 0 bridgehead atoms. The molecule has 2 aliphatic rings. The van der Waals surface area contributed by atoms with Gasteiger partial charge in [-0.25, -0.2) is 0 Å². The Morgan fingerprint density at radius 2 is 1.95 bits per heavy atom. The van der Waals surface area contributed by atoms with Gasteiger partial charge in [-0.2, -0.15) is 0 Å². The minimum absolute atomic E-state index is 0.123. The Kier molecular flexibility index (Phi) is 3.85. The molecule has 0 amide bonds. The van der Waals surface area contributed by atoms with E-state index in [4.69, 9.17) is 9.84 Å². The summed E-state index contributed by atoms with van der Waals surface area (Å²) < 4.78 is 5.82. The number of fused-ring (bicyclic) bond motifs is 1. The fraction of sp³-hybridized carbons (Fsp3) is 0.647. The maximum Gasteiger partial charge on any atom is 0.0685 e. The minimum atomic E-state index is 0.123. The molecule has 1 aliphatic carbocycles. The van der Waals surface area contributed by atoms with Crippen LogP contribution in [-0.4, -0.2) is 30.4 Å². The van der Waals surface area contributed by atoms with Gasteiger partial charge in [0.05, 0.1) is 12.7 Å². The van der Waals surface area contributed by atoms with Crippen LogP contribution in [-0.2, 0) is 17.8 Å². The van der Waals surface area contributed by atoms with Crippen LogP contribution in [0.1, 0.15) is 31.4 Å². The third-order valence-electron chi connectivity index (χ3n) is 5.08. The highest BCUT2D eigenvalue weighted by atomic mass is 16.5. The Morgan fingerprint density at radius 3 is 2.65 bits per heavy atom. The molecule has 110 valence electrons. The van der Waals surface area contributed by atoms with E-state index in [0.717, 1.165) is 25.1 Å². The van der Waals surface area contributed by atoms with Gasteiger partial charge in [0.1, 0.15) is 0 Å². The van der Waals surface area contributed by atoms with Crippen LogP contribution < -0.4 is 5.32 Å². The Bertz CT molecular complexity index is 455. The van der Waals surface area contributed by atoms with Crippen LogP contribution in [0.15, 0.2) is 24.3 Å². The topological polar surface area (TPSA) is 41.5 Å². The molecular weight excluding hydrogens is 250 g/mol. The number of hydrogen-bond acceptors (Lipinski definition) is 3. The van der Waals surface area contributed by atoms with Gasteiger partial charge in [-0.15, -0.1) is 0 Å². The second-order valence-electron chi connectivity index (χ2n) is 6.72. The van der Waals surface area contributed by atoms with Gasteiger partial charge in [0.15, 0.2) is 0 Å². The average Bonchev–Trinajstić information content (AvgIpc) is 2.91. The molecule has 3 atom stereocenters. The van der Waals surface area contributed by atoms with E-state index in [0.29, 0.717) is 18.1 Å². The van der Waals surface area contributed by atoms with Crippen LogP contribution in [0.3, 0.4) is 0 Å². The number of nitrogens with one attached hydrogen (secondary N) is 1. The summed E-state index contributed by atoms with van der Waals surface area (Å²) in [5.74, 6) is 0.710. The second kappa shape index (κ2) is 5.47. The summed E-state index contributed by atoms with van der Waals surface area (Å²) in [6, 6.07) is 8.82. The first-order valence-electron chi connectivity index (χ1n) is 7.66. The summed E-state index contributed by atoms with van der Waals surface area (Å²) in [7, 11) is 0. The monoisotopic (exact) mass is 275 g/mol. The highest BCUT2D eigenvalue weighted by Gasteiger charge is 2.58. The zero-order valence-corrected chi connectivity index (χ0v) is 12.4. The lowest BCUT2D eigenvalue weighted by atomic mass is 9.57. The Balaban J connectivity index is 1.50. The Labute approximate surface area is 121 Å². The van der Waals surface area contributed by atoms with Crippen LogP contribution in [0.25, 0.3) is 0 Å². The zero-order valence-electron chi connectivity index (χ0n) is 12.4. The lowest BCUT2D eigenvalue weighted by Gasteiger charge is -2.55. The predicted octanol–water partition coefficient (Wildman–Crippen LogP) is 2.12. The number of rotatable bonds is 5. The lowest BCUT2D eigenvalue weighted by Crippen LogP contribution is -2.66. The van der Waals surface area contributed by atoms with Crippen LogP contribution >= 0.6 is 0 Å². The van der Waals surface area contributed by atoms with Crippen molar-refractivity contribution in [2.45, 2.75) is 45.4 Å². The lowest BCUT2D eigenvalue weighted by molar-refractivity contribution is -0.112. The molecule has 1 saturated carbocycles. The smallest absolute Gasteiger partial charge is 0.0685 e. The molecule has 20 heavy (non-hydrogen) atoms. The van der Waals surface area contributed by atoms with E-state index in [-0.39, 0.29) is 12.0 Å². The fourth-order valence-corrected chi connectivity index (χ4v) is 3.92. The quantitative estimate of drug-likeness (QED) is 0.865. The predicted molar refractivity (Wildman–Crippen MR) is 79.5 cm³/mol. The van der Waals surface area contributed by atoms with E-state index >= 15 is 0 Å². The second-order valence-corrected chi connectivity index (χ2v) is 6.72. The third kappa shape index (κ3) is 2.39. The van der Waals surface area contributed by atoms with Crippen molar-refractivity contribution < 1.29 is 9.84 Å². The van der Waals surface area contributed by atoms with E-state index in [1.807, 2.05) is 12.1 Å². The molecule has 0 radical (unpaired) electrons. The van der Waals surface area contributed by atoms with Crippen molar-refractivity contribution in [1.82, 2.24) is 5.32 Å². The van der Waals surface area contributed by atoms with E-state index < -0.39 is 0 Å². The molecule has 0 spiro atoms. The number of benzene rings is 1. The molecule has 1 heterocycles. The molecule has 1 aliphatic heterocycles. The van der Waals surface area contributed by atoms with Gasteiger partial charge >= 0.3 is 0 Å². The summed E-state index contributed by atoms with van der Waals surface area (Å²) >= 11 is 0. The number of ether oxygens (including phenoxy) is 1. The van der Waals surface area contributed by atoms with Crippen molar-refractivity contribution in [3.05, 3.63) is 35.4 Å². The molecule has 0 aromatic heterocycles. The standard InChI is InChI=1S/C17H25NO2/c1-17(2)15(14-8-10-20-16(14)17)18-9-7-12-3-5-13(11-19)6-4-12/h3-6,14-16,18-19H,7-11H2,1-2H3. The molecule has 3 unspecified atom stereocenters. The van der Waals surface area contributed by atoms with Gasteiger partial charge < -0.3 is 15.2 Å². The van der Waals surface area contributed by atoms with Crippen LogP contribution in [0, 0.1) is 11.3 Å². The van der Waals surface area contributed by atoms with E-state index in [1.165, 1.54) is 12.0 Å². The molecule has 1 aromatic rings. The molecule has 1 saturated heterocycles. The molecule has 2 N–H and O–H groups in total. The summed E-state index contributed by atoms with van der Waals surface area (Å²) in [5.41, 5.74) is 2.57. The fourth-order valence-electron chi connectivity index (χ4n) is 3.92. The molecule has 3 heteroatoms. The van der Waals surface area contributed by atoms with E-state index in [2.05, 4.69) is 31.3 Å². The maximum absolute atomic E-state index is 9.04. The van der Waals surface area contributed by atoms with Gasteiger partial charge in [0.25, 0.3) is 0 Å². The average molecular weight is 275 g/mol. The van der Waals surface area contributed by atoms with Gasteiger partial charge in [-0.3, -0.25) is 0 Å². The first-order valence-corrected chi connectivity index (χ1v) is 7.66. The van der Waals surface area contributed by atoms with Crippen LogP contribution in [0.4, 0.5) is 0 Å². The normalized spacial score (nSPS) is 30.9. The van der Waals surface area contributed by atoms with Crippen LogP contribution in [0.2, 0.25) is 0 Å². The SMILES string of the molecule is CC1(C)C(NCCc2ccc(CO)cc2)C2CCOC21. The van der Waals surface area contributed by atoms with Crippen molar-refractivity contribution in [2.24, 2.45) is 11.3 Å². The Hall–Kier alpha value is -0.900. The Morgan fingerprint density at radius 1 is 1.25 bits per heavy atom. The van der Waals surface area contributed by atoms with Gasteiger partial charge in [0.2, 0.25) is 0 Å². The van der Waals surface area contributed by atoms with Crippen molar-refractivity contribution in [1.29, 1.82) is 0 Å². The molecule has 1 aromatic carbocycles. The first kappa shape index (κ1) is 14.1. The van der Waals surface area contributed by atoms with E-state index in [1.54, 1.807) is 0 Å². The molecule has 2 fully saturated rings. The largest absolute Gasteiger partial charge is 0.392 e. The third-order valence-corrected chi connectivity index (χ3v) is 5.08. The van der Waals surface area contributed by atoms with Crippen molar-refractivity contribution >= 4 is 0 Å². The molecule has 3 rings (SSSR count). The van der Waals surface area contributed by atoms with Crippen molar-refractivity contribution in [3.63, 3.8) is 0 Å². The highest BCUT2D eigenvalue weighted by Crippen LogP contribution is 2.51. The van der Waals surface area contributed by atoms with Crippen LogP contribution in [0.5, 0.6) is 0 Å². The molecular formula is C17H25NO2.